The summed E-state index contributed by atoms with van der Waals surface area (Å²) in [5.41, 5.74) is 5.43. The molecule has 0 amide bonds. The molecule has 2 heterocycles. The summed E-state index contributed by atoms with van der Waals surface area (Å²) < 4.78 is 17.1. The third-order valence-electron chi connectivity index (χ3n) is 6.24. The Morgan fingerprint density at radius 2 is 1.75 bits per heavy atom. The molecule has 4 aromatic rings. The maximum Gasteiger partial charge on any atom is 0.161 e. The van der Waals surface area contributed by atoms with E-state index < -0.39 is 0 Å². The highest BCUT2D eigenvalue weighted by Crippen LogP contribution is 2.36. The van der Waals surface area contributed by atoms with Gasteiger partial charge < -0.3 is 19.5 Å². The van der Waals surface area contributed by atoms with Crippen molar-refractivity contribution in [2.24, 2.45) is 0 Å². The van der Waals surface area contributed by atoms with E-state index in [2.05, 4.69) is 51.7 Å². The summed E-state index contributed by atoms with van der Waals surface area (Å²) in [7, 11) is 3.33. The van der Waals surface area contributed by atoms with E-state index in [0.29, 0.717) is 12.4 Å². The van der Waals surface area contributed by atoms with Crippen molar-refractivity contribution in [2.75, 3.05) is 20.8 Å². The van der Waals surface area contributed by atoms with Gasteiger partial charge in [0.15, 0.2) is 17.3 Å². The molecule has 6 heteroatoms. The maximum absolute atomic E-state index is 6.12. The molecule has 0 fully saturated rings. The van der Waals surface area contributed by atoms with Crippen molar-refractivity contribution in [2.45, 2.75) is 19.1 Å². The average Bonchev–Trinajstić information content (AvgIpc) is 2.95. The Morgan fingerprint density at radius 1 is 0.917 bits per heavy atom. The van der Waals surface area contributed by atoms with Gasteiger partial charge in [0, 0.05) is 30.1 Å². The summed E-state index contributed by atoms with van der Waals surface area (Å²) in [4.78, 5) is 9.08. The van der Waals surface area contributed by atoms with Gasteiger partial charge in [-0.05, 0) is 47.4 Å². The lowest BCUT2D eigenvalue weighted by atomic mass is 9.93. The van der Waals surface area contributed by atoms with Crippen molar-refractivity contribution in [3.05, 3.63) is 107 Å². The zero-order valence-electron chi connectivity index (χ0n) is 20.5. The molecule has 36 heavy (non-hydrogen) atoms. The quantitative estimate of drug-likeness (QED) is 0.353. The molecular weight excluding hydrogens is 450 g/mol. The Bertz CT molecular complexity index is 1340. The lowest BCUT2D eigenvalue weighted by molar-refractivity contribution is 0.283. The first kappa shape index (κ1) is 23.6. The van der Waals surface area contributed by atoms with Crippen LogP contribution in [0.5, 0.6) is 17.2 Å². The molecule has 1 aliphatic heterocycles. The fraction of sp³-hybridized carbons (Fsp3) is 0.200. The minimum absolute atomic E-state index is 0.0592. The van der Waals surface area contributed by atoms with Gasteiger partial charge in [0.1, 0.15) is 12.4 Å². The van der Waals surface area contributed by atoms with Crippen LogP contribution in [0.1, 0.15) is 28.3 Å². The number of ether oxygens (including phenoxy) is 3. The summed E-state index contributed by atoms with van der Waals surface area (Å²) in [6, 6.07) is 22.2. The van der Waals surface area contributed by atoms with E-state index in [-0.39, 0.29) is 6.04 Å². The Balaban J connectivity index is 1.32. The third kappa shape index (κ3) is 5.39. The molecule has 0 radical (unpaired) electrons. The number of fused-ring (bicyclic) bond motifs is 1. The van der Waals surface area contributed by atoms with Gasteiger partial charge in [-0.2, -0.15) is 0 Å². The molecule has 1 unspecified atom stereocenters. The average molecular weight is 480 g/mol. The second-order valence-corrected chi connectivity index (χ2v) is 8.59. The van der Waals surface area contributed by atoms with E-state index in [1.54, 1.807) is 14.2 Å². The molecule has 182 valence electrons. The first-order valence-electron chi connectivity index (χ1n) is 12.0. The number of methoxy groups -OCH3 is 2. The van der Waals surface area contributed by atoms with Crippen molar-refractivity contribution >= 4 is 6.08 Å². The van der Waals surface area contributed by atoms with Crippen molar-refractivity contribution in [1.29, 1.82) is 0 Å². The Kier molecular flexibility index (Phi) is 7.24. The molecule has 0 bridgehead atoms. The number of hydrogen-bond donors (Lipinski definition) is 1. The van der Waals surface area contributed by atoms with Gasteiger partial charge in [0.25, 0.3) is 0 Å². The zero-order chi connectivity index (χ0) is 24.7. The van der Waals surface area contributed by atoms with E-state index >= 15 is 0 Å². The van der Waals surface area contributed by atoms with Crippen LogP contribution in [0.2, 0.25) is 0 Å². The molecule has 1 atom stereocenters. The molecule has 0 aliphatic carbocycles. The van der Waals surface area contributed by atoms with E-state index in [1.165, 1.54) is 11.1 Å². The standard InChI is InChI=1S/C30H29N3O3/c1-34-25-10-6-9-24(15-25)30-32-18-22(19-33-30)11-12-27-26-17-28(35-2)29(16-23(26)13-14-31-27)36-20-21-7-4-3-5-8-21/h3-12,15-19,27,31H,13-14,20H2,1-2H3/b12-11+. The first-order chi connectivity index (χ1) is 17.7. The van der Waals surface area contributed by atoms with Crippen LogP contribution >= 0.6 is 0 Å². The molecule has 3 aromatic carbocycles. The maximum atomic E-state index is 6.12. The zero-order valence-corrected chi connectivity index (χ0v) is 20.5. The van der Waals surface area contributed by atoms with Crippen molar-refractivity contribution in [3.8, 4) is 28.6 Å². The van der Waals surface area contributed by atoms with Crippen LogP contribution in [-0.2, 0) is 13.0 Å². The van der Waals surface area contributed by atoms with Gasteiger partial charge in [-0.15, -0.1) is 0 Å². The largest absolute Gasteiger partial charge is 0.497 e. The molecule has 6 nitrogen and oxygen atoms in total. The Hall–Kier alpha value is -4.16. The first-order valence-corrected chi connectivity index (χ1v) is 12.0. The second-order valence-electron chi connectivity index (χ2n) is 8.59. The summed E-state index contributed by atoms with van der Waals surface area (Å²) in [5.74, 6) is 2.95. The van der Waals surface area contributed by atoms with Crippen molar-refractivity contribution in [1.82, 2.24) is 15.3 Å². The van der Waals surface area contributed by atoms with Crippen LogP contribution in [0.25, 0.3) is 17.5 Å². The van der Waals surface area contributed by atoms with Gasteiger partial charge in [-0.25, -0.2) is 9.97 Å². The Morgan fingerprint density at radius 3 is 2.53 bits per heavy atom. The van der Waals surface area contributed by atoms with Gasteiger partial charge in [0.05, 0.1) is 20.3 Å². The van der Waals surface area contributed by atoms with Crippen LogP contribution in [0.15, 0.2) is 85.2 Å². The molecular formula is C30H29N3O3. The number of nitrogens with zero attached hydrogens (tertiary/aromatic N) is 2. The van der Waals surface area contributed by atoms with E-state index in [9.17, 15) is 0 Å². The van der Waals surface area contributed by atoms with Crippen LogP contribution in [-0.4, -0.2) is 30.7 Å². The molecule has 0 saturated carbocycles. The molecule has 0 saturated heterocycles. The fourth-order valence-electron chi connectivity index (χ4n) is 4.32. The summed E-state index contributed by atoms with van der Waals surface area (Å²) in [6.45, 7) is 1.39. The smallest absolute Gasteiger partial charge is 0.161 e. The summed E-state index contributed by atoms with van der Waals surface area (Å²) in [5, 5.41) is 3.59. The van der Waals surface area contributed by atoms with Crippen LogP contribution in [0, 0.1) is 0 Å². The van der Waals surface area contributed by atoms with E-state index in [4.69, 9.17) is 14.2 Å². The van der Waals surface area contributed by atoms with Gasteiger partial charge in [0.2, 0.25) is 0 Å². The monoisotopic (exact) mass is 479 g/mol. The van der Waals surface area contributed by atoms with Crippen LogP contribution in [0.3, 0.4) is 0 Å². The van der Waals surface area contributed by atoms with E-state index in [0.717, 1.165) is 46.9 Å². The van der Waals surface area contributed by atoms with Gasteiger partial charge in [-0.1, -0.05) is 54.6 Å². The van der Waals surface area contributed by atoms with Crippen LogP contribution in [0.4, 0.5) is 0 Å². The number of rotatable bonds is 8. The third-order valence-corrected chi connectivity index (χ3v) is 6.24. The van der Waals surface area contributed by atoms with Crippen molar-refractivity contribution < 1.29 is 14.2 Å². The van der Waals surface area contributed by atoms with Gasteiger partial charge in [-0.3, -0.25) is 0 Å². The number of hydrogen-bond acceptors (Lipinski definition) is 6. The number of nitrogens with one attached hydrogen (secondary N) is 1. The second kappa shape index (κ2) is 11.1. The minimum atomic E-state index is 0.0592. The lowest BCUT2D eigenvalue weighted by Gasteiger charge is -2.26. The fourth-order valence-corrected chi connectivity index (χ4v) is 4.32. The van der Waals surface area contributed by atoms with Crippen molar-refractivity contribution in [3.63, 3.8) is 0 Å². The highest BCUT2D eigenvalue weighted by atomic mass is 16.5. The lowest BCUT2D eigenvalue weighted by Crippen LogP contribution is -2.28. The van der Waals surface area contributed by atoms with Crippen LogP contribution < -0.4 is 19.5 Å². The summed E-state index contributed by atoms with van der Waals surface area (Å²) in [6.07, 6.45) is 8.80. The Labute approximate surface area is 211 Å². The molecule has 0 spiro atoms. The predicted molar refractivity (Wildman–Crippen MR) is 141 cm³/mol. The number of aromatic nitrogens is 2. The topological polar surface area (TPSA) is 65.5 Å². The molecule has 1 aliphatic rings. The molecule has 1 aromatic heterocycles. The predicted octanol–water partition coefficient (Wildman–Crippen LogP) is 5.64. The normalized spacial score (nSPS) is 14.9. The minimum Gasteiger partial charge on any atom is -0.497 e. The summed E-state index contributed by atoms with van der Waals surface area (Å²) >= 11 is 0. The number of benzene rings is 3. The highest BCUT2D eigenvalue weighted by molar-refractivity contribution is 5.59. The van der Waals surface area contributed by atoms with Gasteiger partial charge >= 0.3 is 0 Å². The molecule has 5 rings (SSSR count). The SMILES string of the molecule is COc1cccc(-c2ncc(/C=C/C3NCCc4cc(OCc5ccccc5)c(OC)cc43)cn2)c1. The molecule has 1 N–H and O–H groups in total. The highest BCUT2D eigenvalue weighted by Gasteiger charge is 2.21. The van der Waals surface area contributed by atoms with E-state index in [1.807, 2.05) is 54.9 Å².